The highest BCUT2D eigenvalue weighted by molar-refractivity contribution is 6.32. The van der Waals surface area contributed by atoms with Crippen LogP contribution in [0.15, 0.2) is 51.8 Å². The van der Waals surface area contributed by atoms with Crippen LogP contribution in [-0.2, 0) is 6.18 Å². The number of pyridine rings is 1. The second kappa shape index (κ2) is 6.45. The van der Waals surface area contributed by atoms with Crippen LogP contribution in [0, 0.1) is 6.92 Å². The first-order chi connectivity index (χ1) is 13.2. The van der Waals surface area contributed by atoms with Gasteiger partial charge in [-0.2, -0.15) is 18.3 Å². The van der Waals surface area contributed by atoms with Crippen molar-refractivity contribution in [3.05, 3.63) is 69.3 Å². The van der Waals surface area contributed by atoms with Gasteiger partial charge in [0.1, 0.15) is 5.69 Å². The van der Waals surface area contributed by atoms with Crippen molar-refractivity contribution in [3.63, 3.8) is 0 Å². The second-order valence-electron chi connectivity index (χ2n) is 5.96. The van der Waals surface area contributed by atoms with Crippen LogP contribution >= 0.6 is 11.6 Å². The molecule has 6 nitrogen and oxygen atoms in total. The standard InChI is InChI=1S/C18H10ClF3N4O2/c1-9-4-5-12-10(7-9)17(27)28-16(24-12)13-8-14(18(20,21)22)25-26(13)15-11(19)3-2-6-23-15/h2-8H,1H3. The zero-order valence-electron chi connectivity index (χ0n) is 14.2. The van der Waals surface area contributed by atoms with Crippen molar-refractivity contribution in [2.45, 2.75) is 13.1 Å². The van der Waals surface area contributed by atoms with Gasteiger partial charge in [0.25, 0.3) is 0 Å². The highest BCUT2D eigenvalue weighted by Crippen LogP contribution is 2.33. The van der Waals surface area contributed by atoms with E-state index >= 15 is 0 Å². The van der Waals surface area contributed by atoms with Gasteiger partial charge in [-0.05, 0) is 31.2 Å². The lowest BCUT2D eigenvalue weighted by Gasteiger charge is -2.07. The van der Waals surface area contributed by atoms with E-state index in [1.54, 1.807) is 25.1 Å². The van der Waals surface area contributed by atoms with Gasteiger partial charge in [0.15, 0.2) is 11.5 Å². The van der Waals surface area contributed by atoms with Crippen LogP contribution in [0.5, 0.6) is 0 Å². The molecule has 0 aliphatic rings. The Hall–Kier alpha value is -3.20. The van der Waals surface area contributed by atoms with Crippen molar-refractivity contribution in [2.75, 3.05) is 0 Å². The molecule has 1 aromatic carbocycles. The molecule has 0 saturated carbocycles. The van der Waals surface area contributed by atoms with Gasteiger partial charge in [0, 0.05) is 12.3 Å². The first kappa shape index (κ1) is 18.2. The van der Waals surface area contributed by atoms with Crippen molar-refractivity contribution in [3.8, 4) is 17.4 Å². The fourth-order valence-electron chi connectivity index (χ4n) is 2.66. The maximum Gasteiger partial charge on any atom is 0.435 e. The van der Waals surface area contributed by atoms with Gasteiger partial charge < -0.3 is 4.42 Å². The first-order valence-corrected chi connectivity index (χ1v) is 8.32. The number of hydrogen-bond acceptors (Lipinski definition) is 5. The molecule has 0 atom stereocenters. The Kier molecular flexibility index (Phi) is 4.19. The Morgan fingerprint density at radius 3 is 2.68 bits per heavy atom. The SMILES string of the molecule is Cc1ccc2nc(-c3cc(C(F)(F)F)nn3-c3ncccc3Cl)oc(=O)c2c1. The summed E-state index contributed by atoms with van der Waals surface area (Å²) >= 11 is 6.07. The predicted molar refractivity (Wildman–Crippen MR) is 95.4 cm³/mol. The average molecular weight is 407 g/mol. The number of hydrogen-bond donors (Lipinski definition) is 0. The largest absolute Gasteiger partial charge is 0.435 e. The molecule has 3 aromatic heterocycles. The predicted octanol–water partition coefficient (Wildman–Crippen LogP) is 4.42. The minimum atomic E-state index is -4.73. The van der Waals surface area contributed by atoms with Crippen LogP contribution in [0.3, 0.4) is 0 Å². The maximum atomic E-state index is 13.2. The van der Waals surface area contributed by atoms with E-state index in [9.17, 15) is 18.0 Å². The van der Waals surface area contributed by atoms with E-state index in [4.69, 9.17) is 16.0 Å². The molecule has 0 N–H and O–H groups in total. The highest BCUT2D eigenvalue weighted by Gasteiger charge is 2.36. The summed E-state index contributed by atoms with van der Waals surface area (Å²) in [5.74, 6) is -0.380. The topological polar surface area (TPSA) is 73.8 Å². The Morgan fingerprint density at radius 1 is 1.18 bits per heavy atom. The molecule has 0 saturated heterocycles. The minimum absolute atomic E-state index is 0.0527. The number of fused-ring (bicyclic) bond motifs is 1. The third-order valence-electron chi connectivity index (χ3n) is 3.94. The molecule has 0 unspecified atom stereocenters. The molecule has 10 heteroatoms. The number of alkyl halides is 3. The molecular weight excluding hydrogens is 397 g/mol. The second-order valence-corrected chi connectivity index (χ2v) is 6.37. The van der Waals surface area contributed by atoms with Crippen LogP contribution < -0.4 is 5.63 Å². The lowest BCUT2D eigenvalue weighted by molar-refractivity contribution is -0.141. The van der Waals surface area contributed by atoms with Crippen molar-refractivity contribution >= 4 is 22.5 Å². The lowest BCUT2D eigenvalue weighted by atomic mass is 10.2. The van der Waals surface area contributed by atoms with Gasteiger partial charge in [-0.1, -0.05) is 23.2 Å². The third kappa shape index (κ3) is 3.13. The molecule has 4 aromatic rings. The smallest absolute Gasteiger partial charge is 0.401 e. The van der Waals surface area contributed by atoms with Crippen molar-refractivity contribution < 1.29 is 17.6 Å². The number of benzene rings is 1. The van der Waals surface area contributed by atoms with E-state index < -0.39 is 17.5 Å². The fraction of sp³-hybridized carbons (Fsp3) is 0.111. The summed E-state index contributed by atoms with van der Waals surface area (Å²) < 4.78 is 45.8. The molecule has 0 bridgehead atoms. The average Bonchev–Trinajstić information content (AvgIpc) is 3.08. The summed E-state index contributed by atoms with van der Waals surface area (Å²) in [5, 5.41) is 3.85. The Balaban J connectivity index is 2.01. The minimum Gasteiger partial charge on any atom is -0.401 e. The quantitative estimate of drug-likeness (QED) is 0.493. The summed E-state index contributed by atoms with van der Waals surface area (Å²) in [7, 11) is 0. The normalized spacial score (nSPS) is 11.9. The zero-order valence-corrected chi connectivity index (χ0v) is 14.9. The van der Waals surface area contributed by atoms with Gasteiger partial charge >= 0.3 is 11.8 Å². The van der Waals surface area contributed by atoms with Crippen LogP contribution in [0.2, 0.25) is 5.02 Å². The molecule has 3 heterocycles. The number of aryl methyl sites for hydroxylation is 1. The summed E-state index contributed by atoms with van der Waals surface area (Å²) in [6.07, 6.45) is -3.37. The Labute approximate surface area is 160 Å². The van der Waals surface area contributed by atoms with Crippen LogP contribution in [0.1, 0.15) is 11.3 Å². The molecule has 142 valence electrons. The summed E-state index contributed by atoms with van der Waals surface area (Å²) in [6.45, 7) is 1.79. The Morgan fingerprint density at radius 2 is 1.96 bits per heavy atom. The van der Waals surface area contributed by atoms with Crippen molar-refractivity contribution in [1.29, 1.82) is 0 Å². The van der Waals surface area contributed by atoms with E-state index in [1.165, 1.54) is 18.3 Å². The molecule has 0 fully saturated rings. The molecule has 0 aliphatic heterocycles. The first-order valence-electron chi connectivity index (χ1n) is 7.94. The van der Waals surface area contributed by atoms with E-state index in [0.29, 0.717) is 0 Å². The maximum absolute atomic E-state index is 13.2. The number of aromatic nitrogens is 4. The molecule has 0 radical (unpaired) electrons. The summed E-state index contributed by atoms with van der Waals surface area (Å²) in [6, 6.07) is 8.62. The monoisotopic (exact) mass is 406 g/mol. The van der Waals surface area contributed by atoms with Gasteiger partial charge in [0.2, 0.25) is 5.89 Å². The van der Waals surface area contributed by atoms with Crippen LogP contribution in [0.25, 0.3) is 28.3 Å². The van der Waals surface area contributed by atoms with Crippen molar-refractivity contribution in [2.24, 2.45) is 0 Å². The van der Waals surface area contributed by atoms with E-state index in [-0.39, 0.29) is 33.3 Å². The Bertz CT molecular complexity index is 1260. The molecule has 0 aliphatic carbocycles. The summed E-state index contributed by atoms with van der Waals surface area (Å²) in [5.41, 5.74) is -1.02. The molecule has 0 spiro atoms. The molecular formula is C18H10ClF3N4O2. The van der Waals surface area contributed by atoms with Crippen LogP contribution in [0.4, 0.5) is 13.2 Å². The lowest BCUT2D eigenvalue weighted by Crippen LogP contribution is -2.09. The highest BCUT2D eigenvalue weighted by atomic mass is 35.5. The van der Waals surface area contributed by atoms with Gasteiger partial charge in [-0.15, -0.1) is 0 Å². The van der Waals surface area contributed by atoms with Crippen LogP contribution in [-0.4, -0.2) is 19.7 Å². The fourth-order valence-corrected chi connectivity index (χ4v) is 2.86. The van der Waals surface area contributed by atoms with E-state index in [0.717, 1.165) is 16.3 Å². The molecule has 28 heavy (non-hydrogen) atoms. The zero-order chi connectivity index (χ0) is 20.1. The van der Waals surface area contributed by atoms with Gasteiger partial charge in [-0.25, -0.2) is 19.4 Å². The summed E-state index contributed by atoms with van der Waals surface area (Å²) in [4.78, 5) is 20.5. The number of halogens is 4. The van der Waals surface area contributed by atoms with E-state index in [2.05, 4.69) is 15.1 Å². The van der Waals surface area contributed by atoms with E-state index in [1.807, 2.05) is 0 Å². The third-order valence-corrected chi connectivity index (χ3v) is 4.24. The molecule has 0 amide bonds. The van der Waals surface area contributed by atoms with Crippen molar-refractivity contribution in [1.82, 2.24) is 19.7 Å². The molecule has 4 rings (SSSR count). The van der Waals surface area contributed by atoms with Gasteiger partial charge in [0.05, 0.1) is 15.9 Å². The number of nitrogens with zero attached hydrogens (tertiary/aromatic N) is 4. The van der Waals surface area contributed by atoms with Gasteiger partial charge in [-0.3, -0.25) is 0 Å². The number of rotatable bonds is 2.